The first-order valence-corrected chi connectivity index (χ1v) is 6.24. The maximum absolute atomic E-state index is 12.5. The third-order valence-corrected chi connectivity index (χ3v) is 2.73. The van der Waals surface area contributed by atoms with Crippen LogP contribution < -0.4 is 5.32 Å². The molecule has 0 saturated heterocycles. The van der Waals surface area contributed by atoms with E-state index in [1.807, 2.05) is 0 Å². The zero-order chi connectivity index (χ0) is 15.5. The number of pyridine rings is 1. The van der Waals surface area contributed by atoms with Gasteiger partial charge in [-0.15, -0.1) is 0 Å². The van der Waals surface area contributed by atoms with Crippen LogP contribution in [0.25, 0.3) is 5.69 Å². The van der Waals surface area contributed by atoms with Crippen LogP contribution in [0, 0.1) is 6.92 Å². The minimum Gasteiger partial charge on any atom is -0.383 e. The Hall–Kier alpha value is -2.09. The van der Waals surface area contributed by atoms with Gasteiger partial charge in [0, 0.05) is 19.9 Å². The predicted octanol–water partition coefficient (Wildman–Crippen LogP) is 2.65. The number of methoxy groups -OCH3 is 1. The van der Waals surface area contributed by atoms with Crippen molar-refractivity contribution in [2.24, 2.45) is 0 Å². The van der Waals surface area contributed by atoms with Gasteiger partial charge in [0.25, 0.3) is 0 Å². The Morgan fingerprint density at radius 3 is 2.67 bits per heavy atom. The Morgan fingerprint density at radius 1 is 1.33 bits per heavy atom. The first kappa shape index (κ1) is 15.3. The van der Waals surface area contributed by atoms with Crippen molar-refractivity contribution < 1.29 is 17.9 Å². The molecule has 0 atom stereocenters. The van der Waals surface area contributed by atoms with Gasteiger partial charge in [-0.1, -0.05) is 0 Å². The number of hydrogen-bond donors (Lipinski definition) is 1. The van der Waals surface area contributed by atoms with Gasteiger partial charge < -0.3 is 10.1 Å². The molecule has 0 aromatic carbocycles. The highest BCUT2D eigenvalue weighted by atomic mass is 19.4. The summed E-state index contributed by atoms with van der Waals surface area (Å²) in [6.07, 6.45) is -1.55. The average Bonchev–Trinajstić information content (AvgIpc) is 2.79. The highest BCUT2D eigenvalue weighted by molar-refractivity contribution is 5.42. The zero-order valence-electron chi connectivity index (χ0n) is 11.6. The smallest absolute Gasteiger partial charge is 0.383 e. The summed E-state index contributed by atoms with van der Waals surface area (Å²) in [6.45, 7) is 2.84. The van der Waals surface area contributed by atoms with Crippen molar-refractivity contribution >= 4 is 5.95 Å². The number of hydrogen-bond acceptors (Lipinski definition) is 4. The normalized spacial score (nSPS) is 11.7. The van der Waals surface area contributed by atoms with E-state index in [0.29, 0.717) is 24.8 Å². The highest BCUT2D eigenvalue weighted by Gasteiger charge is 2.32. The fraction of sp³-hybridized carbons (Fsp3) is 0.385. The van der Waals surface area contributed by atoms with Crippen LogP contribution in [-0.4, -0.2) is 34.8 Å². The molecule has 5 nitrogen and oxygen atoms in total. The maximum Gasteiger partial charge on any atom is 0.433 e. The van der Waals surface area contributed by atoms with E-state index in [1.165, 1.54) is 12.3 Å². The van der Waals surface area contributed by atoms with Gasteiger partial charge in [-0.2, -0.15) is 13.2 Å². The van der Waals surface area contributed by atoms with E-state index < -0.39 is 11.9 Å². The van der Waals surface area contributed by atoms with Crippen molar-refractivity contribution in [3.63, 3.8) is 0 Å². The van der Waals surface area contributed by atoms with Crippen LogP contribution in [0.4, 0.5) is 19.1 Å². The van der Waals surface area contributed by atoms with Crippen LogP contribution in [-0.2, 0) is 10.9 Å². The number of ether oxygens (including phenoxy) is 1. The second-order valence-electron chi connectivity index (χ2n) is 4.39. The van der Waals surface area contributed by atoms with Gasteiger partial charge in [-0.3, -0.25) is 4.57 Å². The van der Waals surface area contributed by atoms with E-state index in [4.69, 9.17) is 4.74 Å². The molecule has 0 fully saturated rings. The largest absolute Gasteiger partial charge is 0.433 e. The van der Waals surface area contributed by atoms with Gasteiger partial charge in [0.1, 0.15) is 5.69 Å². The molecule has 0 aliphatic heterocycles. The average molecular weight is 300 g/mol. The van der Waals surface area contributed by atoms with Crippen molar-refractivity contribution in [1.82, 2.24) is 14.5 Å². The Balaban J connectivity index is 2.25. The molecule has 0 aliphatic carbocycles. The van der Waals surface area contributed by atoms with E-state index in [2.05, 4.69) is 15.3 Å². The van der Waals surface area contributed by atoms with Gasteiger partial charge in [0.15, 0.2) is 0 Å². The van der Waals surface area contributed by atoms with Crippen LogP contribution in [0.2, 0.25) is 0 Å². The molecule has 1 N–H and O–H groups in total. The lowest BCUT2D eigenvalue weighted by atomic mass is 10.3. The molecule has 2 aromatic rings. The topological polar surface area (TPSA) is 52.0 Å². The Labute approximate surface area is 119 Å². The maximum atomic E-state index is 12.5. The molecule has 21 heavy (non-hydrogen) atoms. The Bertz CT molecular complexity index is 592. The number of alkyl halides is 3. The minimum atomic E-state index is -4.44. The fourth-order valence-corrected chi connectivity index (χ4v) is 1.78. The molecular formula is C13H15F3N4O. The third-order valence-electron chi connectivity index (χ3n) is 2.73. The number of aromatic nitrogens is 3. The summed E-state index contributed by atoms with van der Waals surface area (Å²) in [7, 11) is 1.58. The molecule has 0 saturated carbocycles. The van der Waals surface area contributed by atoms with Crippen molar-refractivity contribution in [3.05, 3.63) is 35.9 Å². The van der Waals surface area contributed by atoms with Gasteiger partial charge in [0.05, 0.1) is 24.2 Å². The summed E-state index contributed by atoms with van der Waals surface area (Å²) < 4.78 is 44.1. The standard InChI is InChI=1S/C13H15F3N4O/c1-9-8-20(12(19-9)17-5-6-21-2)10-3-4-11(18-7-10)13(14,15)16/h3-4,7-8H,5-6H2,1-2H3,(H,17,19). The van der Waals surface area contributed by atoms with Gasteiger partial charge in [-0.25, -0.2) is 9.97 Å². The van der Waals surface area contributed by atoms with Crippen LogP contribution in [0.5, 0.6) is 0 Å². The molecule has 0 bridgehead atoms. The van der Waals surface area contributed by atoms with Gasteiger partial charge >= 0.3 is 6.18 Å². The SMILES string of the molecule is COCCNc1nc(C)cn1-c1ccc(C(F)(F)F)nc1. The molecular weight excluding hydrogens is 285 g/mol. The summed E-state index contributed by atoms with van der Waals surface area (Å²) in [5.41, 5.74) is 0.329. The van der Waals surface area contributed by atoms with Crippen molar-refractivity contribution in [2.75, 3.05) is 25.6 Å². The van der Waals surface area contributed by atoms with E-state index in [-0.39, 0.29) is 0 Å². The van der Waals surface area contributed by atoms with Crippen LogP contribution in [0.15, 0.2) is 24.5 Å². The van der Waals surface area contributed by atoms with Crippen LogP contribution >= 0.6 is 0 Å². The number of imidazole rings is 1. The Kier molecular flexibility index (Phi) is 4.46. The molecule has 8 heteroatoms. The van der Waals surface area contributed by atoms with Crippen molar-refractivity contribution in [3.8, 4) is 5.69 Å². The molecule has 2 rings (SSSR count). The van der Waals surface area contributed by atoms with Crippen molar-refractivity contribution in [1.29, 1.82) is 0 Å². The predicted molar refractivity (Wildman–Crippen MR) is 71.5 cm³/mol. The monoisotopic (exact) mass is 300 g/mol. The molecule has 0 amide bonds. The van der Waals surface area contributed by atoms with Gasteiger partial charge in [0.2, 0.25) is 5.95 Å². The number of nitrogens with zero attached hydrogens (tertiary/aromatic N) is 3. The molecule has 0 unspecified atom stereocenters. The first-order chi connectivity index (χ1) is 9.91. The second-order valence-corrected chi connectivity index (χ2v) is 4.39. The summed E-state index contributed by atoms with van der Waals surface area (Å²) in [5.74, 6) is 0.533. The van der Waals surface area contributed by atoms with E-state index in [1.54, 1.807) is 24.8 Å². The van der Waals surface area contributed by atoms with Crippen molar-refractivity contribution in [2.45, 2.75) is 13.1 Å². The lowest BCUT2D eigenvalue weighted by Gasteiger charge is -2.10. The lowest BCUT2D eigenvalue weighted by molar-refractivity contribution is -0.141. The summed E-state index contributed by atoms with van der Waals surface area (Å²) in [4.78, 5) is 7.72. The van der Waals surface area contributed by atoms with Gasteiger partial charge in [-0.05, 0) is 19.1 Å². The zero-order valence-corrected chi connectivity index (χ0v) is 11.6. The first-order valence-electron chi connectivity index (χ1n) is 6.24. The van der Waals surface area contributed by atoms with E-state index in [9.17, 15) is 13.2 Å². The van der Waals surface area contributed by atoms with E-state index >= 15 is 0 Å². The summed E-state index contributed by atoms with van der Waals surface area (Å²) >= 11 is 0. The Morgan fingerprint density at radius 2 is 2.10 bits per heavy atom. The fourth-order valence-electron chi connectivity index (χ4n) is 1.78. The van der Waals surface area contributed by atoms with Crippen LogP contribution in [0.3, 0.4) is 0 Å². The molecule has 114 valence electrons. The minimum absolute atomic E-state index is 0.497. The molecule has 2 aromatic heterocycles. The molecule has 0 radical (unpaired) electrons. The lowest BCUT2D eigenvalue weighted by Crippen LogP contribution is -2.12. The number of halogens is 3. The van der Waals surface area contributed by atoms with E-state index in [0.717, 1.165) is 11.8 Å². The number of anilines is 1. The quantitative estimate of drug-likeness (QED) is 0.863. The summed E-state index contributed by atoms with van der Waals surface area (Å²) in [5, 5.41) is 3.06. The molecule has 0 spiro atoms. The molecule has 2 heterocycles. The number of rotatable bonds is 5. The second kappa shape index (κ2) is 6.13. The summed E-state index contributed by atoms with van der Waals surface area (Å²) in [6, 6.07) is 2.31. The highest BCUT2D eigenvalue weighted by Crippen LogP contribution is 2.28. The third kappa shape index (κ3) is 3.72. The number of nitrogens with one attached hydrogen (secondary N) is 1. The number of aryl methyl sites for hydroxylation is 1. The van der Waals surface area contributed by atoms with Crippen LogP contribution in [0.1, 0.15) is 11.4 Å². The molecule has 0 aliphatic rings.